The smallest absolute Gasteiger partial charge is 0.261 e. The molecule has 3 aromatic carbocycles. The molecule has 3 N–H and O–H groups in total. The highest BCUT2D eigenvalue weighted by atomic mass is 32.2. The van der Waals surface area contributed by atoms with Crippen LogP contribution in [0, 0.1) is 0 Å². The molecule has 0 radical (unpaired) electrons. The van der Waals surface area contributed by atoms with Crippen LogP contribution in [0.25, 0.3) is 10.8 Å². The average molecular weight is 465 g/mol. The average Bonchev–Trinajstić information content (AvgIpc) is 3.10. The van der Waals surface area contributed by atoms with Gasteiger partial charge in [-0.25, -0.2) is 8.42 Å². The minimum Gasteiger partial charge on any atom is -0.335 e. The van der Waals surface area contributed by atoms with Crippen LogP contribution in [0.1, 0.15) is 16.8 Å². The molecule has 2 fully saturated rings. The molecule has 2 aliphatic rings. The van der Waals surface area contributed by atoms with Crippen LogP contribution in [0.2, 0.25) is 0 Å². The van der Waals surface area contributed by atoms with Gasteiger partial charge in [0.1, 0.15) is 0 Å². The highest BCUT2D eigenvalue weighted by molar-refractivity contribution is 7.92. The van der Waals surface area contributed by atoms with E-state index < -0.39 is 16.1 Å². The number of amides is 2. The monoisotopic (exact) mass is 464 g/mol. The number of benzene rings is 3. The lowest BCUT2D eigenvalue weighted by atomic mass is 10.1. The van der Waals surface area contributed by atoms with Crippen LogP contribution in [0.3, 0.4) is 0 Å². The second kappa shape index (κ2) is 8.17. The van der Waals surface area contributed by atoms with Crippen LogP contribution >= 0.6 is 0 Å². The minimum absolute atomic E-state index is 0.0582. The summed E-state index contributed by atoms with van der Waals surface area (Å²) >= 11 is 0. The second-order valence-electron chi connectivity index (χ2n) is 8.47. The molecule has 0 saturated carbocycles. The SMILES string of the molecule is NC1CC2CN(C(=O)c3cccc(NS(=O)(=O)c4ccc5ccccc5c4)c3)CCN2C1=O. The maximum Gasteiger partial charge on any atom is 0.261 e. The topological polar surface area (TPSA) is 113 Å². The molecule has 2 heterocycles. The predicted molar refractivity (Wildman–Crippen MR) is 125 cm³/mol. The Kier molecular flexibility index (Phi) is 5.30. The highest BCUT2D eigenvalue weighted by Crippen LogP contribution is 2.25. The molecule has 9 heteroatoms. The number of hydrogen-bond donors (Lipinski definition) is 2. The first kappa shape index (κ1) is 21.4. The quantitative estimate of drug-likeness (QED) is 0.613. The second-order valence-corrected chi connectivity index (χ2v) is 10.2. The van der Waals surface area contributed by atoms with Crippen molar-refractivity contribution in [3.63, 3.8) is 0 Å². The number of nitrogens with one attached hydrogen (secondary N) is 1. The van der Waals surface area contributed by atoms with E-state index in [1.54, 1.807) is 52.3 Å². The molecule has 0 aromatic heterocycles. The Balaban J connectivity index is 1.33. The summed E-state index contributed by atoms with van der Waals surface area (Å²) in [4.78, 5) is 28.8. The number of fused-ring (bicyclic) bond motifs is 2. The predicted octanol–water partition coefficient (Wildman–Crippen LogP) is 2.02. The summed E-state index contributed by atoms with van der Waals surface area (Å²) in [7, 11) is -3.83. The maximum atomic E-state index is 13.1. The molecule has 3 aromatic rings. The number of carbonyl (C=O) groups excluding carboxylic acids is 2. The third kappa shape index (κ3) is 4.05. The van der Waals surface area contributed by atoms with Crippen molar-refractivity contribution in [2.75, 3.05) is 24.4 Å². The van der Waals surface area contributed by atoms with Crippen LogP contribution < -0.4 is 10.5 Å². The Morgan fingerprint density at radius 1 is 0.970 bits per heavy atom. The Morgan fingerprint density at radius 3 is 2.58 bits per heavy atom. The fraction of sp³-hybridized carbons (Fsp3) is 0.250. The summed E-state index contributed by atoms with van der Waals surface area (Å²) in [5, 5.41) is 1.78. The van der Waals surface area contributed by atoms with Crippen LogP contribution in [-0.2, 0) is 14.8 Å². The molecule has 0 bridgehead atoms. The molecule has 33 heavy (non-hydrogen) atoms. The molecule has 8 nitrogen and oxygen atoms in total. The van der Waals surface area contributed by atoms with E-state index in [-0.39, 0.29) is 22.8 Å². The van der Waals surface area contributed by atoms with E-state index in [0.29, 0.717) is 37.3 Å². The van der Waals surface area contributed by atoms with Gasteiger partial charge in [-0.2, -0.15) is 0 Å². The standard InChI is InChI=1S/C24H24N4O4S/c25-22-14-20-15-27(10-11-28(20)24(22)30)23(29)18-6-3-7-19(12-18)26-33(31,32)21-9-8-16-4-1-2-5-17(16)13-21/h1-9,12-13,20,22,26H,10-11,14-15,25H2. The van der Waals surface area contributed by atoms with E-state index in [9.17, 15) is 18.0 Å². The molecular weight excluding hydrogens is 440 g/mol. The van der Waals surface area contributed by atoms with Gasteiger partial charge in [-0.05, 0) is 47.5 Å². The number of sulfonamides is 1. The Hall–Kier alpha value is -3.43. The number of hydrogen-bond acceptors (Lipinski definition) is 5. The lowest BCUT2D eigenvalue weighted by Gasteiger charge is -2.37. The van der Waals surface area contributed by atoms with Crippen molar-refractivity contribution in [2.24, 2.45) is 5.73 Å². The number of anilines is 1. The summed E-state index contributed by atoms with van der Waals surface area (Å²) in [6.45, 7) is 1.30. The molecule has 2 amide bonds. The van der Waals surface area contributed by atoms with Gasteiger partial charge in [0.15, 0.2) is 0 Å². The third-order valence-electron chi connectivity index (χ3n) is 6.29. The Bertz CT molecular complexity index is 1360. The zero-order chi connectivity index (χ0) is 23.2. The summed E-state index contributed by atoms with van der Waals surface area (Å²) in [5.41, 5.74) is 6.56. The van der Waals surface area contributed by atoms with Crippen molar-refractivity contribution in [2.45, 2.75) is 23.4 Å². The van der Waals surface area contributed by atoms with E-state index in [1.165, 1.54) is 0 Å². The van der Waals surface area contributed by atoms with Crippen LogP contribution in [-0.4, -0.2) is 61.7 Å². The molecule has 0 spiro atoms. The van der Waals surface area contributed by atoms with Crippen molar-refractivity contribution >= 4 is 38.3 Å². The summed E-state index contributed by atoms with van der Waals surface area (Å²) < 4.78 is 28.5. The van der Waals surface area contributed by atoms with Gasteiger partial charge < -0.3 is 15.5 Å². The molecular formula is C24H24N4O4S. The zero-order valence-electron chi connectivity index (χ0n) is 17.8. The lowest BCUT2D eigenvalue weighted by molar-refractivity contribution is -0.131. The fourth-order valence-electron chi connectivity index (χ4n) is 4.59. The third-order valence-corrected chi connectivity index (χ3v) is 7.67. The first-order chi connectivity index (χ1) is 15.8. The van der Waals surface area contributed by atoms with Gasteiger partial charge in [0.25, 0.3) is 15.9 Å². The van der Waals surface area contributed by atoms with Gasteiger partial charge in [-0.1, -0.05) is 36.4 Å². The number of nitrogens with zero attached hydrogens (tertiary/aromatic N) is 2. The van der Waals surface area contributed by atoms with Crippen LogP contribution in [0.5, 0.6) is 0 Å². The van der Waals surface area contributed by atoms with Crippen molar-refractivity contribution < 1.29 is 18.0 Å². The number of carbonyl (C=O) groups is 2. The van der Waals surface area contributed by atoms with Crippen molar-refractivity contribution in [3.8, 4) is 0 Å². The zero-order valence-corrected chi connectivity index (χ0v) is 18.7. The van der Waals surface area contributed by atoms with Crippen molar-refractivity contribution in [1.82, 2.24) is 9.80 Å². The first-order valence-electron chi connectivity index (χ1n) is 10.8. The molecule has 2 saturated heterocycles. The molecule has 2 unspecified atom stereocenters. The van der Waals surface area contributed by atoms with Gasteiger partial charge >= 0.3 is 0 Å². The highest BCUT2D eigenvalue weighted by Gasteiger charge is 2.41. The van der Waals surface area contributed by atoms with Gasteiger partial charge in [0, 0.05) is 30.9 Å². The van der Waals surface area contributed by atoms with E-state index in [4.69, 9.17) is 5.73 Å². The van der Waals surface area contributed by atoms with Crippen LogP contribution in [0.15, 0.2) is 71.6 Å². The van der Waals surface area contributed by atoms with Crippen LogP contribution in [0.4, 0.5) is 5.69 Å². The molecule has 2 atom stereocenters. The molecule has 0 aliphatic carbocycles. The van der Waals surface area contributed by atoms with E-state index in [0.717, 1.165) is 10.8 Å². The normalized spacial score (nSPS) is 20.7. The van der Waals surface area contributed by atoms with Crippen molar-refractivity contribution in [1.29, 1.82) is 0 Å². The van der Waals surface area contributed by atoms with Gasteiger partial charge in [0.05, 0.1) is 17.0 Å². The molecule has 5 rings (SSSR count). The largest absolute Gasteiger partial charge is 0.335 e. The first-order valence-corrected chi connectivity index (χ1v) is 12.3. The summed E-state index contributed by atoms with van der Waals surface area (Å²) in [5.74, 6) is -0.258. The summed E-state index contributed by atoms with van der Waals surface area (Å²) in [6.07, 6.45) is 0.536. The maximum absolute atomic E-state index is 13.1. The number of nitrogens with two attached hydrogens (primary N) is 1. The van der Waals surface area contributed by atoms with E-state index >= 15 is 0 Å². The number of piperazine rings is 1. The van der Waals surface area contributed by atoms with Gasteiger partial charge in [-0.3, -0.25) is 14.3 Å². The van der Waals surface area contributed by atoms with Gasteiger partial charge in [-0.15, -0.1) is 0 Å². The molecule has 170 valence electrons. The van der Waals surface area contributed by atoms with Crippen molar-refractivity contribution in [3.05, 3.63) is 72.3 Å². The van der Waals surface area contributed by atoms with E-state index in [1.807, 2.05) is 24.3 Å². The minimum atomic E-state index is -3.83. The lowest BCUT2D eigenvalue weighted by Crippen LogP contribution is -2.53. The fourth-order valence-corrected chi connectivity index (χ4v) is 5.67. The Labute approximate surface area is 192 Å². The van der Waals surface area contributed by atoms with Gasteiger partial charge in [0.2, 0.25) is 5.91 Å². The molecule has 2 aliphatic heterocycles. The van der Waals surface area contributed by atoms with E-state index in [2.05, 4.69) is 4.72 Å². The summed E-state index contributed by atoms with van der Waals surface area (Å²) in [6, 6.07) is 18.4. The number of rotatable bonds is 4. The Morgan fingerprint density at radius 2 is 1.76 bits per heavy atom.